The summed E-state index contributed by atoms with van der Waals surface area (Å²) >= 11 is 0. The quantitative estimate of drug-likeness (QED) is 0.571. The van der Waals surface area contributed by atoms with Crippen LogP contribution < -0.4 is 0 Å². The minimum Gasteiger partial charge on any atom is -0.294 e. The molecule has 0 saturated carbocycles. The molecule has 0 N–H and O–H groups in total. The second-order valence-electron chi connectivity index (χ2n) is 2.67. The zero-order chi connectivity index (χ0) is 8.31. The van der Waals surface area contributed by atoms with Crippen LogP contribution in [0.1, 0.15) is 20.8 Å². The Labute approximate surface area is 65.4 Å². The third-order valence-corrected chi connectivity index (χ3v) is 1.41. The van der Waals surface area contributed by atoms with Gasteiger partial charge in [0.25, 0.3) is 0 Å². The van der Waals surface area contributed by atoms with Crippen molar-refractivity contribution < 1.29 is 0 Å². The number of hydrogen-bond acceptors (Lipinski definition) is 1. The molecule has 1 heteroatoms. The Morgan fingerprint density at radius 3 is 1.00 bits per heavy atom. The van der Waals surface area contributed by atoms with E-state index in [1.165, 1.54) is 0 Å². The average molecular weight is 137 g/mol. The molecule has 10 heavy (non-hydrogen) atoms. The fourth-order valence-corrected chi connectivity index (χ4v) is 1.11. The second-order valence-corrected chi connectivity index (χ2v) is 2.67. The zero-order valence-electron chi connectivity index (χ0n) is 6.91. The molecule has 3 atom stereocenters. The molecule has 0 aromatic heterocycles. The lowest BCUT2D eigenvalue weighted by molar-refractivity contribution is 0.175. The molecule has 0 amide bonds. The first-order valence-electron chi connectivity index (χ1n) is 3.51. The highest BCUT2D eigenvalue weighted by molar-refractivity contribution is 4.82. The van der Waals surface area contributed by atoms with E-state index >= 15 is 0 Å². The van der Waals surface area contributed by atoms with Gasteiger partial charge >= 0.3 is 0 Å². The monoisotopic (exact) mass is 137 g/mol. The largest absolute Gasteiger partial charge is 0.294 e. The van der Waals surface area contributed by atoms with Crippen LogP contribution in [0.15, 0.2) is 0 Å². The normalized spacial score (nSPS) is 12.6. The van der Waals surface area contributed by atoms with E-state index in [0.29, 0.717) is 0 Å². The van der Waals surface area contributed by atoms with E-state index in [4.69, 9.17) is 20.8 Å². The molecule has 0 rings (SSSR count). The molecule has 0 aromatic carbocycles. The summed E-state index contributed by atoms with van der Waals surface area (Å²) in [5, 5.41) is 0. The maximum Gasteiger partial charge on any atom is 0.0108 e. The van der Waals surface area contributed by atoms with Gasteiger partial charge in [-0.15, -0.1) is 0 Å². The van der Waals surface area contributed by atoms with Gasteiger partial charge in [-0.25, -0.2) is 0 Å². The van der Waals surface area contributed by atoms with Gasteiger partial charge in [-0.05, 0) is 41.5 Å². The number of rotatable bonds is 3. The molecule has 0 aliphatic heterocycles. The van der Waals surface area contributed by atoms with Crippen LogP contribution >= 0.6 is 0 Å². The van der Waals surface area contributed by atoms with Crippen molar-refractivity contribution in [1.29, 1.82) is 0 Å². The van der Waals surface area contributed by atoms with Gasteiger partial charge in [0.15, 0.2) is 0 Å². The molecule has 0 heterocycles. The zero-order valence-corrected chi connectivity index (χ0v) is 6.91. The summed E-state index contributed by atoms with van der Waals surface area (Å²) in [5.41, 5.74) is 0. The summed E-state index contributed by atoms with van der Waals surface area (Å²) in [5.74, 6) is 0. The molecule has 1 nitrogen and oxygen atoms in total. The van der Waals surface area contributed by atoms with Gasteiger partial charge in [0, 0.05) is 18.1 Å². The Morgan fingerprint density at radius 1 is 0.800 bits per heavy atom. The molecule has 0 aromatic rings. The standard InChI is InChI=1S/C9H15N/c1-7(2)10(8(3)4)9(5)6/h1,3,5,7-9H,2,4,6H3. The first-order chi connectivity index (χ1) is 4.46. The minimum atomic E-state index is -0.0833. The summed E-state index contributed by atoms with van der Waals surface area (Å²) < 4.78 is 0. The molecular weight excluding hydrogens is 122 g/mol. The van der Waals surface area contributed by atoms with Gasteiger partial charge in [-0.1, -0.05) is 0 Å². The summed E-state index contributed by atoms with van der Waals surface area (Å²) in [7, 11) is 0. The van der Waals surface area contributed by atoms with Gasteiger partial charge in [0.1, 0.15) is 0 Å². The topological polar surface area (TPSA) is 3.24 Å². The van der Waals surface area contributed by atoms with Crippen molar-refractivity contribution in [2.24, 2.45) is 0 Å². The van der Waals surface area contributed by atoms with Crippen molar-refractivity contribution in [1.82, 2.24) is 4.90 Å². The van der Waals surface area contributed by atoms with Crippen molar-refractivity contribution in [3.63, 3.8) is 0 Å². The first-order valence-corrected chi connectivity index (χ1v) is 3.51. The maximum atomic E-state index is 5.60. The van der Waals surface area contributed by atoms with E-state index in [0.717, 1.165) is 0 Å². The van der Waals surface area contributed by atoms with Gasteiger partial charge in [-0.3, -0.25) is 4.90 Å². The van der Waals surface area contributed by atoms with Crippen molar-refractivity contribution in [3.05, 3.63) is 20.8 Å². The third kappa shape index (κ3) is 2.70. The Bertz CT molecular complexity index is 65.7. The Hall–Kier alpha value is -0.0400. The summed E-state index contributed by atoms with van der Waals surface area (Å²) in [4.78, 5) is 1.83. The third-order valence-electron chi connectivity index (χ3n) is 1.41. The van der Waals surface area contributed by atoms with E-state index < -0.39 is 0 Å². The van der Waals surface area contributed by atoms with Crippen LogP contribution in [0.2, 0.25) is 0 Å². The predicted molar refractivity (Wildman–Crippen MR) is 43.1 cm³/mol. The van der Waals surface area contributed by atoms with E-state index in [2.05, 4.69) is 0 Å². The summed E-state index contributed by atoms with van der Waals surface area (Å²) in [6, 6.07) is -0.250. The SMILES string of the molecule is [CH]C(C)N(C([CH])C)C([CH])C. The van der Waals surface area contributed by atoms with Crippen LogP contribution in [0.25, 0.3) is 0 Å². The smallest absolute Gasteiger partial charge is 0.0108 e. The van der Waals surface area contributed by atoms with Crippen molar-refractivity contribution in [2.45, 2.75) is 38.9 Å². The fraction of sp³-hybridized carbons (Fsp3) is 0.667. The summed E-state index contributed by atoms with van der Waals surface area (Å²) in [6.45, 7) is 22.4. The van der Waals surface area contributed by atoms with Crippen LogP contribution in [0.4, 0.5) is 0 Å². The Morgan fingerprint density at radius 2 is 1.00 bits per heavy atom. The lowest BCUT2D eigenvalue weighted by atomic mass is 10.2. The van der Waals surface area contributed by atoms with E-state index in [9.17, 15) is 0 Å². The van der Waals surface area contributed by atoms with Crippen molar-refractivity contribution >= 4 is 0 Å². The number of nitrogens with zero attached hydrogens (tertiary/aromatic N) is 1. The highest BCUT2D eigenvalue weighted by atomic mass is 15.2. The molecule has 56 valence electrons. The maximum absolute atomic E-state index is 5.60. The molecule has 0 bridgehead atoms. The molecular formula is C9H15N. The van der Waals surface area contributed by atoms with Crippen LogP contribution in [-0.2, 0) is 0 Å². The average Bonchev–Trinajstić information content (AvgIpc) is 1.59. The number of hydrogen-bond donors (Lipinski definition) is 0. The highest BCUT2D eigenvalue weighted by Crippen LogP contribution is 2.08. The van der Waals surface area contributed by atoms with E-state index in [-0.39, 0.29) is 18.1 Å². The molecule has 0 fully saturated rings. The van der Waals surface area contributed by atoms with E-state index in [1.54, 1.807) is 0 Å². The van der Waals surface area contributed by atoms with Gasteiger partial charge in [-0.2, -0.15) is 0 Å². The second kappa shape index (κ2) is 3.97. The predicted octanol–water partition coefficient (Wildman–Crippen LogP) is 1.59. The van der Waals surface area contributed by atoms with Crippen LogP contribution in [-0.4, -0.2) is 23.0 Å². The molecule has 0 spiro atoms. The van der Waals surface area contributed by atoms with Crippen LogP contribution in [0.3, 0.4) is 0 Å². The van der Waals surface area contributed by atoms with Crippen molar-refractivity contribution in [3.8, 4) is 0 Å². The lowest BCUT2D eigenvalue weighted by Gasteiger charge is -2.33. The van der Waals surface area contributed by atoms with Gasteiger partial charge in [0.2, 0.25) is 0 Å². The Balaban J connectivity index is 3.98. The Kier molecular flexibility index (Phi) is 3.95. The highest BCUT2D eigenvalue weighted by Gasteiger charge is 2.16. The van der Waals surface area contributed by atoms with Crippen molar-refractivity contribution in [2.75, 3.05) is 0 Å². The minimum absolute atomic E-state index is 0.0833. The molecule has 0 saturated heterocycles. The van der Waals surface area contributed by atoms with Crippen LogP contribution in [0.5, 0.6) is 0 Å². The molecule has 0 aliphatic rings. The summed E-state index contributed by atoms with van der Waals surface area (Å²) in [6.07, 6.45) is 0. The van der Waals surface area contributed by atoms with Gasteiger partial charge in [0.05, 0.1) is 0 Å². The molecule has 0 aliphatic carbocycles. The van der Waals surface area contributed by atoms with Gasteiger partial charge < -0.3 is 0 Å². The lowest BCUT2D eigenvalue weighted by Crippen LogP contribution is -2.42. The fourth-order valence-electron chi connectivity index (χ4n) is 1.11. The molecule has 6 radical (unpaired) electrons. The van der Waals surface area contributed by atoms with Crippen LogP contribution in [0, 0.1) is 20.8 Å². The first kappa shape index (κ1) is 9.96. The molecule has 3 unspecified atom stereocenters. The van der Waals surface area contributed by atoms with E-state index in [1.807, 2.05) is 25.7 Å².